The van der Waals surface area contributed by atoms with E-state index in [1.165, 1.54) is 0 Å². The smallest absolute Gasteiger partial charge is 0.340 e. The Labute approximate surface area is 103 Å². The minimum absolute atomic E-state index is 0.0685. The Hall–Kier alpha value is -1.05. The van der Waals surface area contributed by atoms with Crippen molar-refractivity contribution in [3.63, 3.8) is 0 Å². The third-order valence-corrected chi connectivity index (χ3v) is 3.89. The average molecular weight is 276 g/mol. The zero-order valence-electron chi connectivity index (χ0n) is 9.16. The lowest BCUT2D eigenvalue weighted by Gasteiger charge is -2.04. The van der Waals surface area contributed by atoms with Crippen LogP contribution in [0.4, 0.5) is 0 Å². The Morgan fingerprint density at radius 3 is 2.53 bits per heavy atom. The van der Waals surface area contributed by atoms with Gasteiger partial charge in [-0.25, -0.2) is 13.2 Å². The van der Waals surface area contributed by atoms with E-state index >= 15 is 0 Å². The number of rotatable bonds is 6. The van der Waals surface area contributed by atoms with Crippen molar-refractivity contribution in [2.24, 2.45) is 0 Å². The van der Waals surface area contributed by atoms with Crippen molar-refractivity contribution >= 4 is 25.6 Å². The molecule has 0 saturated heterocycles. The van der Waals surface area contributed by atoms with Gasteiger partial charge >= 0.3 is 5.97 Å². The third-order valence-electron chi connectivity index (χ3n) is 1.63. The molecule has 0 radical (unpaired) electrons. The summed E-state index contributed by atoms with van der Waals surface area (Å²) in [5.41, 5.74) is 0.423. The Bertz CT molecular complexity index is 455. The highest BCUT2D eigenvalue weighted by Gasteiger charge is 2.06. The lowest BCUT2D eigenvalue weighted by Crippen LogP contribution is -2.09. The summed E-state index contributed by atoms with van der Waals surface area (Å²) in [7, 11) is -2.49. The lowest BCUT2D eigenvalue weighted by molar-refractivity contribution is -0.0167. The van der Waals surface area contributed by atoms with Crippen LogP contribution in [0.5, 0.6) is 0 Å². The van der Waals surface area contributed by atoms with E-state index in [0.717, 1.165) is 6.26 Å². The van der Waals surface area contributed by atoms with Gasteiger partial charge in [0.1, 0.15) is 5.94 Å². The molecule has 0 N–H and O–H groups in total. The highest BCUT2D eigenvalue weighted by atomic mass is 33.1. The minimum Gasteiger partial charge on any atom is -0.435 e. The molecule has 0 atom stereocenters. The van der Waals surface area contributed by atoms with Crippen LogP contribution < -0.4 is 0 Å². The fourth-order valence-corrected chi connectivity index (χ4v) is 1.95. The van der Waals surface area contributed by atoms with Crippen LogP contribution in [-0.4, -0.2) is 33.4 Å². The summed E-state index contributed by atoms with van der Waals surface area (Å²) in [5.74, 6) is -0.573. The fraction of sp³-hybridized carbons (Fsp3) is 0.300. The number of ether oxygens (including phenoxy) is 2. The van der Waals surface area contributed by atoms with Crippen LogP contribution in [0.3, 0.4) is 0 Å². The van der Waals surface area contributed by atoms with Crippen molar-refractivity contribution in [3.8, 4) is 0 Å². The average Bonchev–Trinajstić information content (AvgIpc) is 2.28. The van der Waals surface area contributed by atoms with Gasteiger partial charge in [-0.1, -0.05) is 18.2 Å². The first-order valence-corrected chi connectivity index (χ1v) is 8.03. The van der Waals surface area contributed by atoms with Crippen LogP contribution in [-0.2, 0) is 18.3 Å². The predicted octanol–water partition coefficient (Wildman–Crippen LogP) is 1.47. The van der Waals surface area contributed by atoms with Gasteiger partial charge in [0.2, 0.25) is 8.87 Å². The second-order valence-corrected chi connectivity index (χ2v) is 7.46. The molecule has 0 heterocycles. The molecule has 0 bridgehead atoms. The maximum atomic E-state index is 11.4. The number of carbonyl (C=O) groups excluding carboxylic acids is 1. The monoisotopic (exact) mass is 276 g/mol. The Morgan fingerprint density at radius 1 is 1.29 bits per heavy atom. The Balaban J connectivity index is 2.22. The molecule has 1 aromatic carbocycles. The highest BCUT2D eigenvalue weighted by Crippen LogP contribution is 2.09. The SMILES string of the molecule is CS(=O)(=O)SCOCOC(=O)c1ccccc1. The van der Waals surface area contributed by atoms with Crippen LogP contribution in [0, 0.1) is 0 Å². The maximum absolute atomic E-state index is 11.4. The number of benzene rings is 1. The normalized spacial score (nSPS) is 11.1. The second kappa shape index (κ2) is 6.63. The van der Waals surface area contributed by atoms with Crippen molar-refractivity contribution in [2.75, 3.05) is 19.0 Å². The largest absolute Gasteiger partial charge is 0.435 e. The molecule has 0 unspecified atom stereocenters. The van der Waals surface area contributed by atoms with Crippen molar-refractivity contribution in [1.29, 1.82) is 0 Å². The molecule has 0 amide bonds. The highest BCUT2D eigenvalue weighted by molar-refractivity contribution is 8.71. The molecule has 5 nitrogen and oxygen atoms in total. The molecule has 7 heteroatoms. The molecule has 17 heavy (non-hydrogen) atoms. The summed E-state index contributed by atoms with van der Waals surface area (Å²) in [6, 6.07) is 8.46. The summed E-state index contributed by atoms with van der Waals surface area (Å²) >= 11 is 0. The number of hydrogen-bond donors (Lipinski definition) is 0. The van der Waals surface area contributed by atoms with E-state index in [2.05, 4.69) is 0 Å². The molecule has 0 aromatic heterocycles. The van der Waals surface area contributed by atoms with Crippen LogP contribution in [0.15, 0.2) is 30.3 Å². The molecule has 0 aliphatic rings. The van der Waals surface area contributed by atoms with Crippen LogP contribution >= 0.6 is 10.8 Å². The van der Waals surface area contributed by atoms with Gasteiger partial charge in [0.25, 0.3) is 0 Å². The van der Waals surface area contributed by atoms with Crippen LogP contribution in [0.25, 0.3) is 0 Å². The van der Waals surface area contributed by atoms with E-state index in [-0.39, 0.29) is 12.7 Å². The molecule has 1 rings (SSSR count). The van der Waals surface area contributed by atoms with E-state index in [9.17, 15) is 13.2 Å². The van der Waals surface area contributed by atoms with Crippen molar-refractivity contribution in [3.05, 3.63) is 35.9 Å². The summed E-state index contributed by atoms with van der Waals surface area (Å²) < 4.78 is 31.1. The first-order chi connectivity index (χ1) is 7.99. The molecular weight excluding hydrogens is 264 g/mol. The summed E-state index contributed by atoms with van der Waals surface area (Å²) in [4.78, 5) is 11.4. The van der Waals surface area contributed by atoms with Gasteiger partial charge in [0, 0.05) is 6.26 Å². The van der Waals surface area contributed by atoms with Gasteiger partial charge < -0.3 is 9.47 Å². The predicted molar refractivity (Wildman–Crippen MR) is 65.1 cm³/mol. The molecule has 0 spiro atoms. The van der Waals surface area contributed by atoms with Gasteiger partial charge in [-0.15, -0.1) is 0 Å². The fourth-order valence-electron chi connectivity index (χ4n) is 0.908. The van der Waals surface area contributed by atoms with E-state index in [1.807, 2.05) is 0 Å². The van der Waals surface area contributed by atoms with E-state index < -0.39 is 14.8 Å². The first kappa shape index (κ1) is 14.0. The third kappa shape index (κ3) is 6.30. The Morgan fingerprint density at radius 2 is 1.94 bits per heavy atom. The zero-order chi connectivity index (χ0) is 12.7. The van der Waals surface area contributed by atoms with Crippen LogP contribution in [0.2, 0.25) is 0 Å². The van der Waals surface area contributed by atoms with Crippen LogP contribution in [0.1, 0.15) is 10.4 Å². The number of hydrogen-bond acceptors (Lipinski definition) is 6. The topological polar surface area (TPSA) is 69.7 Å². The van der Waals surface area contributed by atoms with Gasteiger partial charge in [-0.2, -0.15) is 0 Å². The van der Waals surface area contributed by atoms with Gasteiger partial charge in [-0.3, -0.25) is 0 Å². The van der Waals surface area contributed by atoms with Gasteiger partial charge in [-0.05, 0) is 22.9 Å². The standard InChI is InChI=1S/C10H12O5S2/c1-17(12,13)16-8-14-7-15-10(11)9-5-3-2-4-6-9/h2-6H,7-8H2,1H3. The van der Waals surface area contributed by atoms with Gasteiger partial charge in [0.15, 0.2) is 6.79 Å². The van der Waals surface area contributed by atoms with E-state index in [4.69, 9.17) is 9.47 Å². The number of carbonyl (C=O) groups is 1. The van der Waals surface area contributed by atoms with Crippen molar-refractivity contribution in [2.45, 2.75) is 0 Å². The van der Waals surface area contributed by atoms with Crippen molar-refractivity contribution < 1.29 is 22.7 Å². The Kier molecular flexibility index (Phi) is 5.46. The molecule has 0 fully saturated rings. The molecular formula is C10H12O5S2. The van der Waals surface area contributed by atoms with E-state index in [0.29, 0.717) is 16.4 Å². The molecule has 94 valence electrons. The number of esters is 1. The maximum Gasteiger partial charge on any atom is 0.340 e. The zero-order valence-corrected chi connectivity index (χ0v) is 10.8. The summed E-state index contributed by atoms with van der Waals surface area (Å²) in [6.45, 7) is -0.268. The molecule has 0 saturated carbocycles. The summed E-state index contributed by atoms with van der Waals surface area (Å²) in [6.07, 6.45) is 1.08. The summed E-state index contributed by atoms with van der Waals surface area (Å²) in [5, 5.41) is 0. The first-order valence-electron chi connectivity index (χ1n) is 4.63. The van der Waals surface area contributed by atoms with Gasteiger partial charge in [0.05, 0.1) is 5.56 Å². The molecule has 1 aromatic rings. The van der Waals surface area contributed by atoms with Crippen molar-refractivity contribution in [1.82, 2.24) is 0 Å². The quantitative estimate of drug-likeness (QED) is 0.339. The minimum atomic E-state index is -3.13. The second-order valence-electron chi connectivity index (χ2n) is 3.06. The lowest BCUT2D eigenvalue weighted by atomic mass is 10.2. The molecule has 0 aliphatic heterocycles. The molecule has 0 aliphatic carbocycles. The van der Waals surface area contributed by atoms with E-state index in [1.54, 1.807) is 30.3 Å².